The number of anilines is 1. The number of carbonyl (C=O) groups is 1. The van der Waals surface area contributed by atoms with Crippen molar-refractivity contribution in [1.29, 1.82) is 0 Å². The average Bonchev–Trinajstić information content (AvgIpc) is 2.78. The molecule has 154 valence electrons. The number of fused-ring (bicyclic) bond motifs is 1. The van der Waals surface area contributed by atoms with Crippen molar-refractivity contribution in [3.8, 4) is 11.3 Å². The maximum Gasteiger partial charge on any atom is 0.272 e. The molecule has 0 atom stereocenters. The van der Waals surface area contributed by atoms with Crippen molar-refractivity contribution in [2.24, 2.45) is 5.10 Å². The zero-order valence-electron chi connectivity index (χ0n) is 16.6. The van der Waals surface area contributed by atoms with E-state index in [2.05, 4.69) is 61.0 Å². The highest BCUT2D eigenvalue weighted by Crippen LogP contribution is 2.26. The summed E-state index contributed by atoms with van der Waals surface area (Å²) in [4.78, 5) is 17.7. The minimum atomic E-state index is -0.275. The molecule has 1 heterocycles. The van der Waals surface area contributed by atoms with E-state index >= 15 is 0 Å². The quantitative estimate of drug-likeness (QED) is 0.163. The predicted octanol–water partition coefficient (Wildman–Crippen LogP) is 5.92. The number of carbonyl (C=O) groups excluding carboxylic acids is 1. The summed E-state index contributed by atoms with van der Waals surface area (Å²) in [5, 5.41) is 8.17. The first-order chi connectivity index (χ1) is 15.1. The Hall–Kier alpha value is -2.53. The maximum atomic E-state index is 13.0. The van der Waals surface area contributed by atoms with Crippen molar-refractivity contribution < 1.29 is 4.79 Å². The lowest BCUT2D eigenvalue weighted by molar-refractivity contribution is 0.0956. The molecule has 3 aromatic carbocycles. The highest BCUT2D eigenvalue weighted by molar-refractivity contribution is 14.1. The van der Waals surface area contributed by atoms with E-state index in [-0.39, 0.29) is 5.91 Å². The molecule has 0 unspecified atom stereocenters. The van der Waals surface area contributed by atoms with Gasteiger partial charge in [-0.1, -0.05) is 48.5 Å². The van der Waals surface area contributed by atoms with E-state index < -0.39 is 0 Å². The van der Waals surface area contributed by atoms with Gasteiger partial charge in [0.1, 0.15) is 0 Å². The SMILES string of the molecule is CNc1c(I)cc(/C=N/NC(=O)c2cc(-c3ccccc3)nc3ccccc23)cc1I. The number of benzene rings is 3. The van der Waals surface area contributed by atoms with Crippen molar-refractivity contribution in [3.05, 3.63) is 91.1 Å². The molecule has 0 radical (unpaired) electrons. The third-order valence-electron chi connectivity index (χ3n) is 4.72. The summed E-state index contributed by atoms with van der Waals surface area (Å²) in [7, 11) is 1.90. The Morgan fingerprint density at radius 1 is 0.968 bits per heavy atom. The summed E-state index contributed by atoms with van der Waals surface area (Å²) < 4.78 is 2.18. The Kier molecular flexibility index (Phi) is 6.81. The van der Waals surface area contributed by atoms with Crippen molar-refractivity contribution in [3.63, 3.8) is 0 Å². The lowest BCUT2D eigenvalue weighted by Gasteiger charge is -2.09. The number of aromatic nitrogens is 1. The molecule has 1 aromatic heterocycles. The summed E-state index contributed by atoms with van der Waals surface area (Å²) in [5.74, 6) is -0.275. The van der Waals surface area contributed by atoms with Crippen LogP contribution in [0.1, 0.15) is 15.9 Å². The van der Waals surface area contributed by atoms with Crippen LogP contribution in [0.25, 0.3) is 22.2 Å². The summed E-state index contributed by atoms with van der Waals surface area (Å²) in [6, 6.07) is 23.3. The fraction of sp³-hybridized carbons (Fsp3) is 0.0417. The Bertz CT molecular complexity index is 1270. The van der Waals surface area contributed by atoms with Gasteiger partial charge in [0.05, 0.1) is 28.7 Å². The van der Waals surface area contributed by atoms with Gasteiger partial charge in [0.15, 0.2) is 0 Å². The molecule has 0 saturated heterocycles. The van der Waals surface area contributed by atoms with Gasteiger partial charge in [0, 0.05) is 25.1 Å². The molecule has 0 aliphatic rings. The first-order valence-electron chi connectivity index (χ1n) is 9.52. The lowest BCUT2D eigenvalue weighted by Crippen LogP contribution is -2.18. The van der Waals surface area contributed by atoms with Crippen LogP contribution in [-0.4, -0.2) is 24.2 Å². The average molecular weight is 632 g/mol. The van der Waals surface area contributed by atoms with Gasteiger partial charge in [0.2, 0.25) is 0 Å². The van der Waals surface area contributed by atoms with Gasteiger partial charge in [0.25, 0.3) is 5.91 Å². The fourth-order valence-corrected chi connectivity index (χ4v) is 5.61. The van der Waals surface area contributed by atoms with Crippen molar-refractivity contribution in [1.82, 2.24) is 10.4 Å². The van der Waals surface area contributed by atoms with Crippen LogP contribution >= 0.6 is 45.2 Å². The van der Waals surface area contributed by atoms with E-state index in [4.69, 9.17) is 4.98 Å². The molecule has 0 aliphatic heterocycles. The van der Waals surface area contributed by atoms with Crippen molar-refractivity contribution in [2.75, 3.05) is 12.4 Å². The largest absolute Gasteiger partial charge is 0.386 e. The summed E-state index contributed by atoms with van der Waals surface area (Å²) in [5.41, 5.74) is 7.68. The monoisotopic (exact) mass is 632 g/mol. The van der Waals surface area contributed by atoms with Gasteiger partial charge in [-0.25, -0.2) is 10.4 Å². The predicted molar refractivity (Wildman–Crippen MR) is 144 cm³/mol. The van der Waals surface area contributed by atoms with E-state index in [9.17, 15) is 4.79 Å². The molecule has 7 heteroatoms. The zero-order chi connectivity index (χ0) is 21.8. The van der Waals surface area contributed by atoms with Crippen LogP contribution in [0.2, 0.25) is 0 Å². The number of rotatable bonds is 5. The summed E-state index contributed by atoms with van der Waals surface area (Å²) in [6.45, 7) is 0. The number of hydrogen-bond donors (Lipinski definition) is 2. The van der Waals surface area contributed by atoms with Crippen LogP contribution in [0.15, 0.2) is 77.9 Å². The molecule has 0 aliphatic carbocycles. The number of pyridine rings is 1. The topological polar surface area (TPSA) is 66.4 Å². The number of hydrazone groups is 1. The third-order valence-corrected chi connectivity index (χ3v) is 6.43. The number of amides is 1. The van der Waals surface area contributed by atoms with Crippen LogP contribution in [0.5, 0.6) is 0 Å². The molecule has 0 fully saturated rings. The fourth-order valence-electron chi connectivity index (χ4n) is 3.25. The molecule has 4 rings (SSSR count). The lowest BCUT2D eigenvalue weighted by atomic mass is 10.0. The first-order valence-corrected chi connectivity index (χ1v) is 11.7. The molecule has 0 bridgehead atoms. The molecule has 0 saturated carbocycles. The highest BCUT2D eigenvalue weighted by Gasteiger charge is 2.13. The van der Waals surface area contributed by atoms with E-state index in [1.807, 2.05) is 79.8 Å². The minimum absolute atomic E-state index is 0.275. The third kappa shape index (κ3) is 4.87. The standard InChI is InChI=1S/C24H18I2N4O/c1-27-23-19(25)11-15(12-20(23)26)14-28-30-24(31)18-13-22(16-7-3-2-4-8-16)29-21-10-6-5-9-17(18)21/h2-14,27H,1H3,(H,30,31)/b28-14+. The van der Waals surface area contributed by atoms with Gasteiger partial charge >= 0.3 is 0 Å². The first kappa shape index (κ1) is 21.7. The van der Waals surface area contributed by atoms with E-state index in [0.29, 0.717) is 5.56 Å². The molecule has 31 heavy (non-hydrogen) atoms. The summed E-state index contributed by atoms with van der Waals surface area (Å²) >= 11 is 4.56. The van der Waals surface area contributed by atoms with Gasteiger partial charge < -0.3 is 5.32 Å². The Balaban J connectivity index is 1.64. The highest BCUT2D eigenvalue weighted by atomic mass is 127. The zero-order valence-corrected chi connectivity index (χ0v) is 20.9. The van der Waals surface area contributed by atoms with Crippen LogP contribution in [0, 0.1) is 7.14 Å². The number of hydrogen-bond acceptors (Lipinski definition) is 4. The second-order valence-corrected chi connectivity index (χ2v) is 9.07. The minimum Gasteiger partial charge on any atom is -0.386 e. The van der Waals surface area contributed by atoms with Crippen molar-refractivity contribution in [2.45, 2.75) is 0 Å². The maximum absolute atomic E-state index is 13.0. The second-order valence-electron chi connectivity index (χ2n) is 6.75. The van der Waals surface area contributed by atoms with E-state index in [1.165, 1.54) is 0 Å². The molecule has 4 aromatic rings. The van der Waals surface area contributed by atoms with Gasteiger partial charge in [-0.2, -0.15) is 5.10 Å². The van der Waals surface area contributed by atoms with E-state index in [1.54, 1.807) is 6.21 Å². The number of halogens is 2. The van der Waals surface area contributed by atoms with Gasteiger partial charge in [-0.15, -0.1) is 0 Å². The van der Waals surface area contributed by atoms with E-state index in [0.717, 1.165) is 40.6 Å². The normalized spacial score (nSPS) is 11.1. The molecule has 5 nitrogen and oxygen atoms in total. The number of nitrogens with zero attached hydrogens (tertiary/aromatic N) is 2. The van der Waals surface area contributed by atoms with Gasteiger partial charge in [-0.05, 0) is 75.0 Å². The van der Waals surface area contributed by atoms with Crippen LogP contribution in [0.4, 0.5) is 5.69 Å². The molecular weight excluding hydrogens is 614 g/mol. The molecule has 2 N–H and O–H groups in total. The van der Waals surface area contributed by atoms with Crippen LogP contribution in [0.3, 0.4) is 0 Å². The Labute approximate surface area is 207 Å². The Morgan fingerprint density at radius 3 is 2.35 bits per heavy atom. The smallest absolute Gasteiger partial charge is 0.272 e. The number of nitrogens with one attached hydrogen (secondary N) is 2. The van der Waals surface area contributed by atoms with Gasteiger partial charge in [-0.3, -0.25) is 4.79 Å². The van der Waals surface area contributed by atoms with Crippen molar-refractivity contribution >= 4 is 73.9 Å². The molecule has 1 amide bonds. The summed E-state index contributed by atoms with van der Waals surface area (Å²) in [6.07, 6.45) is 1.66. The molecule has 0 spiro atoms. The second kappa shape index (κ2) is 9.73. The van der Waals surface area contributed by atoms with Crippen LogP contribution < -0.4 is 10.7 Å². The number of para-hydroxylation sites is 1. The van der Waals surface area contributed by atoms with Crippen LogP contribution in [-0.2, 0) is 0 Å². The molecular formula is C24H18I2N4O. The Morgan fingerprint density at radius 2 is 1.65 bits per heavy atom.